The Morgan fingerprint density at radius 3 is 1.71 bits per heavy atom. The second-order valence-electron chi connectivity index (χ2n) is 9.32. The van der Waals surface area contributed by atoms with E-state index < -0.39 is 0 Å². The maximum atomic E-state index is 2.49. The normalized spacial score (nSPS) is 11.3. The van der Waals surface area contributed by atoms with E-state index in [4.69, 9.17) is 0 Å². The SMILES string of the molecule is CCCCCCCCCCCCCCCn1cc[n+](CCCCC)c1-c1ccccc1. The first-order valence-electron chi connectivity index (χ1n) is 13.5. The van der Waals surface area contributed by atoms with Crippen LogP contribution in [0.1, 0.15) is 117 Å². The summed E-state index contributed by atoms with van der Waals surface area (Å²) >= 11 is 0. The third-order valence-corrected chi connectivity index (χ3v) is 6.51. The Balaban J connectivity index is 1.64. The highest BCUT2D eigenvalue weighted by Gasteiger charge is 2.18. The molecular weight excluding hydrogens is 376 g/mol. The van der Waals surface area contributed by atoms with Crippen molar-refractivity contribution >= 4 is 0 Å². The largest absolute Gasteiger partial charge is 0.288 e. The molecule has 0 aliphatic carbocycles. The molecule has 1 aromatic heterocycles. The molecule has 0 unspecified atom stereocenters. The van der Waals surface area contributed by atoms with Gasteiger partial charge in [-0.15, -0.1) is 0 Å². The molecular formula is C29H49N2+. The van der Waals surface area contributed by atoms with Crippen LogP contribution < -0.4 is 4.57 Å². The zero-order valence-electron chi connectivity index (χ0n) is 20.7. The van der Waals surface area contributed by atoms with Crippen LogP contribution in [0.2, 0.25) is 0 Å². The van der Waals surface area contributed by atoms with E-state index in [9.17, 15) is 0 Å². The molecule has 0 bridgehead atoms. The molecule has 0 atom stereocenters. The zero-order valence-corrected chi connectivity index (χ0v) is 20.7. The lowest BCUT2D eigenvalue weighted by molar-refractivity contribution is -0.686. The van der Waals surface area contributed by atoms with Crippen molar-refractivity contribution in [1.82, 2.24) is 4.57 Å². The Kier molecular flexibility index (Phi) is 14.1. The lowest BCUT2D eigenvalue weighted by Gasteiger charge is -2.06. The number of hydrogen-bond donors (Lipinski definition) is 0. The number of nitrogens with zero attached hydrogens (tertiary/aromatic N) is 2. The van der Waals surface area contributed by atoms with Gasteiger partial charge in [0.25, 0.3) is 5.82 Å². The first-order chi connectivity index (χ1) is 15.4. The van der Waals surface area contributed by atoms with Crippen LogP contribution in [0.3, 0.4) is 0 Å². The van der Waals surface area contributed by atoms with Crippen molar-refractivity contribution in [3.63, 3.8) is 0 Å². The fourth-order valence-electron chi connectivity index (χ4n) is 4.58. The number of aromatic nitrogens is 2. The molecule has 1 aromatic carbocycles. The quantitative estimate of drug-likeness (QED) is 0.157. The fourth-order valence-corrected chi connectivity index (χ4v) is 4.58. The molecule has 2 aromatic rings. The van der Waals surface area contributed by atoms with Gasteiger partial charge in [0, 0.05) is 0 Å². The minimum absolute atomic E-state index is 1.13. The molecule has 2 heteroatoms. The minimum Gasteiger partial charge on any atom is -0.230 e. The fraction of sp³-hybridized carbons (Fsp3) is 0.690. The summed E-state index contributed by atoms with van der Waals surface area (Å²) < 4.78 is 4.95. The molecule has 2 nitrogen and oxygen atoms in total. The topological polar surface area (TPSA) is 8.81 Å². The highest BCUT2D eigenvalue weighted by atomic mass is 15.1. The summed E-state index contributed by atoms with van der Waals surface area (Å²) in [4.78, 5) is 0. The van der Waals surface area contributed by atoms with Crippen molar-refractivity contribution in [2.24, 2.45) is 0 Å². The van der Waals surface area contributed by atoms with Crippen molar-refractivity contribution in [3.05, 3.63) is 42.7 Å². The second kappa shape index (κ2) is 17.0. The lowest BCUT2D eigenvalue weighted by Crippen LogP contribution is -2.34. The highest BCUT2D eigenvalue weighted by molar-refractivity contribution is 5.52. The highest BCUT2D eigenvalue weighted by Crippen LogP contribution is 2.18. The van der Waals surface area contributed by atoms with E-state index in [0.717, 1.165) is 13.1 Å². The van der Waals surface area contributed by atoms with Crippen molar-refractivity contribution < 1.29 is 4.57 Å². The summed E-state index contributed by atoms with van der Waals surface area (Å²) in [7, 11) is 0. The second-order valence-corrected chi connectivity index (χ2v) is 9.32. The monoisotopic (exact) mass is 425 g/mol. The van der Waals surface area contributed by atoms with Gasteiger partial charge >= 0.3 is 0 Å². The molecule has 0 amide bonds. The van der Waals surface area contributed by atoms with Crippen LogP contribution in [0.25, 0.3) is 11.4 Å². The number of benzene rings is 1. The summed E-state index contributed by atoms with van der Waals surface area (Å²) in [6.07, 6.45) is 26.9. The predicted octanol–water partition coefficient (Wildman–Crippen LogP) is 8.72. The van der Waals surface area contributed by atoms with Gasteiger partial charge in [0.2, 0.25) is 0 Å². The zero-order chi connectivity index (χ0) is 22.0. The number of imidazole rings is 1. The van der Waals surface area contributed by atoms with Crippen LogP contribution in [0, 0.1) is 0 Å². The van der Waals surface area contributed by atoms with Gasteiger partial charge in [0.05, 0.1) is 18.7 Å². The van der Waals surface area contributed by atoms with Gasteiger partial charge in [0.15, 0.2) is 0 Å². The van der Waals surface area contributed by atoms with Crippen LogP contribution in [0.5, 0.6) is 0 Å². The Morgan fingerprint density at radius 2 is 1.13 bits per heavy atom. The van der Waals surface area contributed by atoms with Crippen molar-refractivity contribution in [3.8, 4) is 11.4 Å². The van der Waals surface area contributed by atoms with E-state index in [-0.39, 0.29) is 0 Å². The van der Waals surface area contributed by atoms with Crippen LogP contribution in [0.15, 0.2) is 42.7 Å². The maximum absolute atomic E-state index is 2.49. The predicted molar refractivity (Wildman–Crippen MR) is 135 cm³/mol. The average Bonchev–Trinajstić information content (AvgIpc) is 3.20. The van der Waals surface area contributed by atoms with E-state index in [1.165, 1.54) is 114 Å². The van der Waals surface area contributed by atoms with E-state index in [0.29, 0.717) is 0 Å². The Labute approximate surface area is 193 Å². The van der Waals surface area contributed by atoms with E-state index in [1.807, 2.05) is 0 Å². The van der Waals surface area contributed by atoms with Gasteiger partial charge in [-0.3, -0.25) is 0 Å². The van der Waals surface area contributed by atoms with Gasteiger partial charge in [0.1, 0.15) is 12.4 Å². The molecule has 0 fully saturated rings. The molecule has 174 valence electrons. The third kappa shape index (κ3) is 10.5. The first kappa shape index (κ1) is 25.7. The van der Waals surface area contributed by atoms with Gasteiger partial charge < -0.3 is 0 Å². The number of rotatable bonds is 19. The Morgan fingerprint density at radius 1 is 0.613 bits per heavy atom. The van der Waals surface area contributed by atoms with Crippen molar-refractivity contribution in [2.75, 3.05) is 0 Å². The third-order valence-electron chi connectivity index (χ3n) is 6.51. The van der Waals surface area contributed by atoms with E-state index in [2.05, 4.69) is 65.7 Å². The van der Waals surface area contributed by atoms with Gasteiger partial charge in [-0.2, -0.15) is 0 Å². The molecule has 0 saturated heterocycles. The average molecular weight is 426 g/mol. The molecule has 0 radical (unpaired) electrons. The van der Waals surface area contributed by atoms with Crippen LogP contribution in [-0.4, -0.2) is 4.57 Å². The lowest BCUT2D eigenvalue weighted by atomic mass is 10.0. The summed E-state index contributed by atoms with van der Waals surface area (Å²) in [5.74, 6) is 1.38. The minimum atomic E-state index is 1.13. The van der Waals surface area contributed by atoms with Crippen molar-refractivity contribution in [1.29, 1.82) is 0 Å². The molecule has 31 heavy (non-hydrogen) atoms. The number of aryl methyl sites for hydroxylation is 2. The molecule has 0 N–H and O–H groups in total. The van der Waals surface area contributed by atoms with E-state index in [1.54, 1.807) is 0 Å². The summed E-state index contributed by atoms with van der Waals surface area (Å²) in [5, 5.41) is 0. The molecule has 0 saturated carbocycles. The standard InChI is InChI=1S/C29H49N2/c1-3-5-7-8-9-10-11-12-13-14-15-16-21-25-31-27-26-30(24-20-6-4-2)29(31)28-22-18-17-19-23-28/h17-19,22-23,26-27H,3-16,20-21,24-25H2,1-2H3/q+1. The van der Waals surface area contributed by atoms with Gasteiger partial charge in [-0.25, -0.2) is 9.13 Å². The first-order valence-corrected chi connectivity index (χ1v) is 13.5. The van der Waals surface area contributed by atoms with Crippen LogP contribution >= 0.6 is 0 Å². The Bertz CT molecular complexity index is 659. The molecule has 0 aliphatic heterocycles. The van der Waals surface area contributed by atoms with E-state index >= 15 is 0 Å². The summed E-state index contributed by atoms with van der Waals surface area (Å²) in [6.45, 7) is 6.85. The molecule has 0 aliphatic rings. The smallest absolute Gasteiger partial charge is 0.230 e. The molecule has 1 heterocycles. The van der Waals surface area contributed by atoms with Gasteiger partial charge in [-0.05, 0) is 37.8 Å². The summed E-state index contributed by atoms with van der Waals surface area (Å²) in [6, 6.07) is 10.9. The molecule has 0 spiro atoms. The summed E-state index contributed by atoms with van der Waals surface area (Å²) in [5.41, 5.74) is 1.35. The molecule has 2 rings (SSSR count). The van der Waals surface area contributed by atoms with Crippen molar-refractivity contribution in [2.45, 2.75) is 130 Å². The number of unbranched alkanes of at least 4 members (excludes halogenated alkanes) is 14. The van der Waals surface area contributed by atoms with Crippen LogP contribution in [0.4, 0.5) is 0 Å². The van der Waals surface area contributed by atoms with Gasteiger partial charge in [-0.1, -0.05) is 109 Å². The maximum Gasteiger partial charge on any atom is 0.288 e. The van der Waals surface area contributed by atoms with Crippen LogP contribution in [-0.2, 0) is 13.1 Å². The number of hydrogen-bond acceptors (Lipinski definition) is 0. The Hall–Kier alpha value is -1.57.